The molecule has 0 aliphatic rings. The van der Waals surface area contributed by atoms with Gasteiger partial charge in [-0.3, -0.25) is 4.79 Å². The van der Waals surface area contributed by atoms with Gasteiger partial charge >= 0.3 is 0 Å². The Balaban J connectivity index is 2.72. The van der Waals surface area contributed by atoms with Crippen molar-refractivity contribution in [1.82, 2.24) is 0 Å². The fraction of sp³-hybridized carbons (Fsp3) is 0.300. The van der Waals surface area contributed by atoms with Crippen molar-refractivity contribution in [3.63, 3.8) is 0 Å². The van der Waals surface area contributed by atoms with Crippen LogP contribution in [0.25, 0.3) is 0 Å². The zero-order chi connectivity index (χ0) is 11.3. The number of alkyl halides is 1. The summed E-state index contributed by atoms with van der Waals surface area (Å²) in [6, 6.07) is 6.85. The van der Waals surface area contributed by atoms with E-state index in [0.717, 1.165) is 0 Å². The molecule has 4 nitrogen and oxygen atoms in total. The Labute approximate surface area is 93.0 Å². The van der Waals surface area contributed by atoms with Crippen molar-refractivity contribution in [2.75, 3.05) is 17.7 Å². The van der Waals surface area contributed by atoms with Gasteiger partial charge in [0.25, 0.3) is 5.91 Å². The summed E-state index contributed by atoms with van der Waals surface area (Å²) in [4.78, 5) is 11.0. The number of carbonyl (C=O) groups excluding carboxylic acids is 1. The van der Waals surface area contributed by atoms with Crippen LogP contribution in [-0.4, -0.2) is 29.5 Å². The first-order chi connectivity index (χ1) is 7.15. The lowest BCUT2D eigenvalue weighted by Gasteiger charge is -2.12. The van der Waals surface area contributed by atoms with Crippen molar-refractivity contribution >= 4 is 23.2 Å². The third-order valence-corrected chi connectivity index (χ3v) is 2.26. The minimum Gasteiger partial charge on any atom is -0.390 e. The Morgan fingerprint density at radius 2 is 2.20 bits per heavy atom. The van der Waals surface area contributed by atoms with Gasteiger partial charge in [-0.15, -0.1) is 11.6 Å². The van der Waals surface area contributed by atoms with E-state index in [1.807, 2.05) is 0 Å². The third-order valence-electron chi connectivity index (χ3n) is 1.90. The van der Waals surface area contributed by atoms with E-state index < -0.39 is 12.0 Å². The topological polar surface area (TPSA) is 75.4 Å². The Morgan fingerprint density at radius 1 is 1.53 bits per heavy atom. The van der Waals surface area contributed by atoms with Crippen LogP contribution in [0, 0.1) is 0 Å². The molecule has 0 aliphatic carbocycles. The van der Waals surface area contributed by atoms with Gasteiger partial charge in [-0.05, 0) is 12.1 Å². The molecule has 0 spiro atoms. The van der Waals surface area contributed by atoms with Crippen molar-refractivity contribution in [3.8, 4) is 0 Å². The highest BCUT2D eigenvalue weighted by Crippen LogP contribution is 2.13. The molecule has 0 aromatic heterocycles. The number of anilines is 1. The molecule has 0 fully saturated rings. The zero-order valence-electron chi connectivity index (χ0n) is 8.11. The highest BCUT2D eigenvalue weighted by Gasteiger charge is 2.08. The van der Waals surface area contributed by atoms with Gasteiger partial charge in [0.15, 0.2) is 0 Å². The maximum atomic E-state index is 11.0. The Hall–Kier alpha value is -1.26. The van der Waals surface area contributed by atoms with E-state index in [-0.39, 0.29) is 12.4 Å². The van der Waals surface area contributed by atoms with Crippen molar-refractivity contribution in [2.24, 2.45) is 5.73 Å². The lowest BCUT2D eigenvalue weighted by Crippen LogP contribution is -2.22. The normalized spacial score (nSPS) is 12.1. The second-order valence-electron chi connectivity index (χ2n) is 3.10. The molecule has 0 saturated heterocycles. The van der Waals surface area contributed by atoms with Crippen LogP contribution in [0.2, 0.25) is 0 Å². The van der Waals surface area contributed by atoms with E-state index in [4.69, 9.17) is 17.3 Å². The standard InChI is InChI=1S/C10H13ClN2O2/c11-5-7(14)6-13-9-4-2-1-3-8(9)10(12)15/h1-4,7,13-14H,5-6H2,(H2,12,15). The van der Waals surface area contributed by atoms with Gasteiger partial charge in [0.1, 0.15) is 0 Å². The van der Waals surface area contributed by atoms with Crippen LogP contribution in [0.3, 0.4) is 0 Å². The molecule has 1 atom stereocenters. The third kappa shape index (κ3) is 3.42. The number of nitrogens with one attached hydrogen (secondary N) is 1. The summed E-state index contributed by atoms with van der Waals surface area (Å²) in [7, 11) is 0. The Bertz CT molecular complexity index is 344. The molecule has 5 heteroatoms. The first-order valence-electron chi connectivity index (χ1n) is 4.52. The van der Waals surface area contributed by atoms with Crippen LogP contribution >= 0.6 is 11.6 Å². The molecule has 15 heavy (non-hydrogen) atoms. The molecule has 0 bridgehead atoms. The number of hydrogen-bond acceptors (Lipinski definition) is 3. The zero-order valence-corrected chi connectivity index (χ0v) is 8.87. The molecule has 82 valence electrons. The monoisotopic (exact) mass is 228 g/mol. The maximum absolute atomic E-state index is 11.0. The number of halogens is 1. The summed E-state index contributed by atoms with van der Waals surface area (Å²) in [5.41, 5.74) is 6.19. The Morgan fingerprint density at radius 3 is 2.80 bits per heavy atom. The number of hydrogen-bond donors (Lipinski definition) is 3. The lowest BCUT2D eigenvalue weighted by atomic mass is 10.1. The molecule has 0 heterocycles. The molecule has 1 aromatic carbocycles. The SMILES string of the molecule is NC(=O)c1ccccc1NCC(O)CCl. The highest BCUT2D eigenvalue weighted by atomic mass is 35.5. The molecule has 4 N–H and O–H groups in total. The van der Waals surface area contributed by atoms with Gasteiger partial charge in [0.05, 0.1) is 17.5 Å². The number of aliphatic hydroxyl groups excluding tert-OH is 1. The summed E-state index contributed by atoms with van der Waals surface area (Å²) < 4.78 is 0. The average molecular weight is 229 g/mol. The number of carbonyl (C=O) groups is 1. The maximum Gasteiger partial charge on any atom is 0.250 e. The average Bonchev–Trinajstić information content (AvgIpc) is 2.26. The van der Waals surface area contributed by atoms with Gasteiger partial charge in [-0.25, -0.2) is 0 Å². The predicted molar refractivity (Wildman–Crippen MR) is 60.2 cm³/mol. The van der Waals surface area contributed by atoms with Crippen molar-refractivity contribution in [1.29, 1.82) is 0 Å². The minimum absolute atomic E-state index is 0.145. The number of benzene rings is 1. The van der Waals surface area contributed by atoms with Crippen LogP contribution in [-0.2, 0) is 0 Å². The van der Waals surface area contributed by atoms with Gasteiger partial charge in [0.2, 0.25) is 0 Å². The fourth-order valence-electron chi connectivity index (χ4n) is 1.13. The summed E-state index contributed by atoms with van der Waals surface area (Å²) in [6.07, 6.45) is -0.646. The quantitative estimate of drug-likeness (QED) is 0.653. The Kier molecular flexibility index (Phi) is 4.39. The van der Waals surface area contributed by atoms with Gasteiger partial charge in [-0.2, -0.15) is 0 Å². The number of rotatable bonds is 5. The highest BCUT2D eigenvalue weighted by molar-refractivity contribution is 6.18. The van der Waals surface area contributed by atoms with E-state index >= 15 is 0 Å². The summed E-state index contributed by atoms with van der Waals surface area (Å²) in [6.45, 7) is 0.286. The van der Waals surface area contributed by atoms with Crippen molar-refractivity contribution in [2.45, 2.75) is 6.10 Å². The molecule has 1 aromatic rings. The van der Waals surface area contributed by atoms with Crippen LogP contribution in [0.15, 0.2) is 24.3 Å². The van der Waals surface area contributed by atoms with E-state index in [1.54, 1.807) is 24.3 Å². The molecule has 1 rings (SSSR count). The first kappa shape index (κ1) is 11.8. The number of nitrogens with two attached hydrogens (primary N) is 1. The molecule has 1 unspecified atom stereocenters. The van der Waals surface area contributed by atoms with E-state index in [1.165, 1.54) is 0 Å². The molecule has 0 radical (unpaired) electrons. The van der Waals surface area contributed by atoms with Crippen LogP contribution in [0.1, 0.15) is 10.4 Å². The summed E-state index contributed by atoms with van der Waals surface area (Å²) in [5, 5.41) is 12.1. The van der Waals surface area contributed by atoms with Crippen LogP contribution < -0.4 is 11.1 Å². The number of para-hydroxylation sites is 1. The van der Waals surface area contributed by atoms with Crippen molar-refractivity contribution in [3.05, 3.63) is 29.8 Å². The summed E-state index contributed by atoms with van der Waals surface area (Å²) in [5.74, 6) is -0.357. The van der Waals surface area contributed by atoms with Crippen LogP contribution in [0.5, 0.6) is 0 Å². The molecule has 1 amide bonds. The summed E-state index contributed by atoms with van der Waals surface area (Å²) >= 11 is 5.44. The number of amides is 1. The lowest BCUT2D eigenvalue weighted by molar-refractivity contribution is 0.100. The van der Waals surface area contributed by atoms with Gasteiger partial charge < -0.3 is 16.2 Å². The molecular formula is C10H13ClN2O2. The number of aliphatic hydroxyl groups is 1. The van der Waals surface area contributed by atoms with E-state index in [0.29, 0.717) is 11.3 Å². The predicted octanol–water partition coefficient (Wildman–Crippen LogP) is 0.797. The van der Waals surface area contributed by atoms with Gasteiger partial charge in [-0.1, -0.05) is 12.1 Å². The smallest absolute Gasteiger partial charge is 0.250 e. The van der Waals surface area contributed by atoms with Crippen LogP contribution in [0.4, 0.5) is 5.69 Å². The molecule has 0 saturated carbocycles. The number of primary amides is 1. The second kappa shape index (κ2) is 5.58. The largest absolute Gasteiger partial charge is 0.390 e. The van der Waals surface area contributed by atoms with Gasteiger partial charge in [0, 0.05) is 12.2 Å². The molecular weight excluding hydrogens is 216 g/mol. The van der Waals surface area contributed by atoms with E-state index in [9.17, 15) is 9.90 Å². The first-order valence-corrected chi connectivity index (χ1v) is 5.05. The second-order valence-corrected chi connectivity index (χ2v) is 3.41. The van der Waals surface area contributed by atoms with E-state index in [2.05, 4.69) is 5.32 Å². The minimum atomic E-state index is -0.646. The van der Waals surface area contributed by atoms with Crippen molar-refractivity contribution < 1.29 is 9.90 Å². The molecule has 0 aliphatic heterocycles. The fourth-order valence-corrected chi connectivity index (χ4v) is 1.24.